The Morgan fingerprint density at radius 3 is 2.88 bits per heavy atom. The number of hydrogen-bond acceptors (Lipinski definition) is 4. The molecule has 1 atom stereocenters. The van der Waals surface area contributed by atoms with Gasteiger partial charge < -0.3 is 15.1 Å². The molecule has 0 radical (unpaired) electrons. The fraction of sp³-hybridized carbons (Fsp3) is 0.412. The topological polar surface area (TPSA) is 89.5 Å². The van der Waals surface area contributed by atoms with E-state index in [1.165, 1.54) is 12.1 Å². The number of nitrogens with one attached hydrogen (secondary N) is 1. The van der Waals surface area contributed by atoms with Gasteiger partial charge in [-0.15, -0.1) is 0 Å². The highest BCUT2D eigenvalue weighted by atomic mass is 19.1. The average Bonchev–Trinajstić information content (AvgIpc) is 2.99. The third-order valence-electron chi connectivity index (χ3n) is 4.46. The van der Waals surface area contributed by atoms with Gasteiger partial charge in [0.15, 0.2) is 0 Å². The summed E-state index contributed by atoms with van der Waals surface area (Å²) < 4.78 is 13.8. The minimum Gasteiger partial charge on any atom is -0.393 e. The molecule has 3 N–H and O–H groups in total. The van der Waals surface area contributed by atoms with Crippen LogP contribution in [-0.4, -0.2) is 56.5 Å². The maximum atomic E-state index is 13.8. The van der Waals surface area contributed by atoms with Crippen molar-refractivity contribution in [2.75, 3.05) is 19.7 Å². The van der Waals surface area contributed by atoms with Gasteiger partial charge in [-0.3, -0.25) is 9.89 Å². The Morgan fingerprint density at radius 2 is 2.12 bits per heavy atom. The number of aromatic amines is 1. The Kier molecular flexibility index (Phi) is 4.64. The van der Waals surface area contributed by atoms with Gasteiger partial charge in [-0.05, 0) is 37.5 Å². The molecule has 1 aliphatic heterocycles. The summed E-state index contributed by atoms with van der Waals surface area (Å²) in [7, 11) is 0. The van der Waals surface area contributed by atoms with Crippen molar-refractivity contribution in [1.29, 1.82) is 0 Å². The zero-order valence-electron chi connectivity index (χ0n) is 13.2. The van der Waals surface area contributed by atoms with Crippen molar-refractivity contribution >= 4 is 5.91 Å². The number of likely N-dealkylation sites (tertiary alicyclic amines) is 1. The first-order chi connectivity index (χ1) is 11.5. The second-order valence-corrected chi connectivity index (χ2v) is 6.17. The molecule has 0 aliphatic carbocycles. The number of benzene rings is 1. The molecule has 0 spiro atoms. The Balaban J connectivity index is 1.76. The van der Waals surface area contributed by atoms with Gasteiger partial charge in [-0.1, -0.05) is 12.1 Å². The molecule has 7 heteroatoms. The molecule has 1 aromatic carbocycles. The minimum absolute atomic E-state index is 0.243. The molecule has 2 aromatic rings. The van der Waals surface area contributed by atoms with Crippen LogP contribution in [0, 0.1) is 5.82 Å². The summed E-state index contributed by atoms with van der Waals surface area (Å²) in [6.45, 7) is 0.537. The monoisotopic (exact) mass is 333 g/mol. The van der Waals surface area contributed by atoms with E-state index >= 15 is 0 Å². The van der Waals surface area contributed by atoms with Crippen LogP contribution in [0.4, 0.5) is 4.39 Å². The predicted molar refractivity (Wildman–Crippen MR) is 85.8 cm³/mol. The number of amides is 1. The van der Waals surface area contributed by atoms with Crippen LogP contribution in [0.3, 0.4) is 0 Å². The molecule has 1 aliphatic rings. The van der Waals surface area contributed by atoms with Crippen LogP contribution in [0.15, 0.2) is 30.3 Å². The van der Waals surface area contributed by atoms with Crippen LogP contribution in [0.1, 0.15) is 29.8 Å². The molecule has 24 heavy (non-hydrogen) atoms. The molecule has 1 fully saturated rings. The first-order valence-corrected chi connectivity index (χ1v) is 7.95. The lowest BCUT2D eigenvalue weighted by molar-refractivity contribution is -0.0250. The zero-order valence-corrected chi connectivity index (χ0v) is 13.2. The normalized spacial score (nSPS) is 21.5. The molecular formula is C17H20FN3O3. The number of halogens is 1. The summed E-state index contributed by atoms with van der Waals surface area (Å²) in [5, 5.41) is 26.1. The largest absolute Gasteiger partial charge is 0.393 e. The molecule has 1 saturated heterocycles. The van der Waals surface area contributed by atoms with Gasteiger partial charge in [-0.2, -0.15) is 5.10 Å². The van der Waals surface area contributed by atoms with Gasteiger partial charge in [0.05, 0.1) is 17.9 Å². The molecule has 0 saturated carbocycles. The molecule has 6 nitrogen and oxygen atoms in total. The molecule has 2 heterocycles. The third-order valence-corrected chi connectivity index (χ3v) is 4.46. The zero-order chi connectivity index (χ0) is 17.2. The van der Waals surface area contributed by atoms with Gasteiger partial charge in [0, 0.05) is 18.7 Å². The van der Waals surface area contributed by atoms with E-state index in [4.69, 9.17) is 0 Å². The number of aliphatic hydroxyl groups is 2. The van der Waals surface area contributed by atoms with E-state index in [2.05, 4.69) is 10.2 Å². The van der Waals surface area contributed by atoms with Gasteiger partial charge >= 0.3 is 0 Å². The number of aromatic nitrogens is 2. The molecule has 1 amide bonds. The molecule has 1 aromatic heterocycles. The van der Waals surface area contributed by atoms with Crippen molar-refractivity contribution in [1.82, 2.24) is 15.1 Å². The van der Waals surface area contributed by atoms with E-state index in [1.807, 2.05) is 0 Å². The Labute approximate surface area is 138 Å². The molecule has 0 bridgehead atoms. The van der Waals surface area contributed by atoms with Crippen molar-refractivity contribution in [2.45, 2.75) is 24.9 Å². The Bertz CT molecular complexity index is 733. The van der Waals surface area contributed by atoms with E-state index in [9.17, 15) is 19.4 Å². The summed E-state index contributed by atoms with van der Waals surface area (Å²) >= 11 is 0. The fourth-order valence-corrected chi connectivity index (χ4v) is 2.95. The fourth-order valence-electron chi connectivity index (χ4n) is 2.95. The number of carbonyl (C=O) groups excluding carboxylic acids is 1. The summed E-state index contributed by atoms with van der Waals surface area (Å²) in [5.41, 5.74) is -0.138. The van der Waals surface area contributed by atoms with Gasteiger partial charge in [0.25, 0.3) is 5.91 Å². The minimum atomic E-state index is -1.12. The number of nitrogens with zero attached hydrogens (tertiary/aromatic N) is 2. The van der Waals surface area contributed by atoms with E-state index in [0.29, 0.717) is 43.6 Å². The molecule has 128 valence electrons. The van der Waals surface area contributed by atoms with Crippen LogP contribution in [0.2, 0.25) is 0 Å². The van der Waals surface area contributed by atoms with Gasteiger partial charge in [0.2, 0.25) is 0 Å². The average molecular weight is 333 g/mol. The summed E-state index contributed by atoms with van der Waals surface area (Å²) in [6, 6.07) is 7.78. The Hall–Kier alpha value is -2.25. The molecule has 1 unspecified atom stereocenters. The van der Waals surface area contributed by atoms with E-state index in [1.54, 1.807) is 23.1 Å². The lowest BCUT2D eigenvalue weighted by atomic mass is 9.96. The Morgan fingerprint density at radius 1 is 1.33 bits per heavy atom. The highest BCUT2D eigenvalue weighted by Crippen LogP contribution is 2.24. The van der Waals surface area contributed by atoms with Crippen molar-refractivity contribution in [3.63, 3.8) is 0 Å². The SMILES string of the molecule is O=C(c1cc(-c2ccccc2F)n[nH]1)N1CCCC(O)(CO)CC1. The number of hydrogen-bond donors (Lipinski definition) is 3. The highest BCUT2D eigenvalue weighted by molar-refractivity contribution is 5.93. The lowest BCUT2D eigenvalue weighted by Gasteiger charge is -2.24. The third kappa shape index (κ3) is 3.32. The van der Waals surface area contributed by atoms with Crippen LogP contribution in [0.25, 0.3) is 11.3 Å². The van der Waals surface area contributed by atoms with Crippen molar-refractivity contribution in [2.24, 2.45) is 0 Å². The van der Waals surface area contributed by atoms with Crippen LogP contribution < -0.4 is 0 Å². The standard InChI is InChI=1S/C17H20FN3O3/c18-13-5-2-1-4-12(13)14-10-15(20-19-14)16(23)21-8-3-6-17(24,11-22)7-9-21/h1-2,4-5,10,22,24H,3,6-9,11H2,(H,19,20). The first kappa shape index (κ1) is 16.6. The number of rotatable bonds is 3. The summed E-state index contributed by atoms with van der Waals surface area (Å²) in [5.74, 6) is -0.641. The second kappa shape index (κ2) is 6.70. The smallest absolute Gasteiger partial charge is 0.271 e. The second-order valence-electron chi connectivity index (χ2n) is 6.17. The van der Waals surface area contributed by atoms with E-state index in [-0.39, 0.29) is 18.2 Å². The number of aliphatic hydroxyl groups excluding tert-OH is 1. The number of carbonyl (C=O) groups is 1. The molecule has 3 rings (SSSR count). The van der Waals surface area contributed by atoms with Crippen molar-refractivity contribution in [3.05, 3.63) is 41.8 Å². The van der Waals surface area contributed by atoms with Crippen LogP contribution in [-0.2, 0) is 0 Å². The van der Waals surface area contributed by atoms with E-state index < -0.39 is 11.4 Å². The van der Waals surface area contributed by atoms with E-state index in [0.717, 1.165) is 0 Å². The van der Waals surface area contributed by atoms with Crippen molar-refractivity contribution < 1.29 is 19.4 Å². The lowest BCUT2D eigenvalue weighted by Crippen LogP contribution is -2.36. The van der Waals surface area contributed by atoms with Gasteiger partial charge in [-0.25, -0.2) is 4.39 Å². The number of H-pyrrole nitrogens is 1. The van der Waals surface area contributed by atoms with Crippen molar-refractivity contribution in [3.8, 4) is 11.3 Å². The first-order valence-electron chi connectivity index (χ1n) is 7.95. The van der Waals surface area contributed by atoms with Gasteiger partial charge in [0.1, 0.15) is 11.5 Å². The quantitative estimate of drug-likeness (QED) is 0.795. The summed E-state index contributed by atoms with van der Waals surface area (Å²) in [6.07, 6.45) is 1.39. The maximum absolute atomic E-state index is 13.8. The van der Waals surface area contributed by atoms with Crippen LogP contribution in [0.5, 0.6) is 0 Å². The molecular weight excluding hydrogens is 313 g/mol. The highest BCUT2D eigenvalue weighted by Gasteiger charge is 2.31. The maximum Gasteiger partial charge on any atom is 0.271 e. The van der Waals surface area contributed by atoms with Crippen LogP contribution >= 0.6 is 0 Å². The summed E-state index contributed by atoms with van der Waals surface area (Å²) in [4.78, 5) is 14.2. The predicted octanol–water partition coefficient (Wildman–Crippen LogP) is 1.57.